The first-order valence-corrected chi connectivity index (χ1v) is 21.3. The number of carbonyl (C=O) groups excluding carboxylic acids is 2. The van der Waals surface area contributed by atoms with E-state index in [4.69, 9.17) is 30.5 Å². The van der Waals surface area contributed by atoms with Gasteiger partial charge in [0.1, 0.15) is 23.5 Å². The highest BCUT2D eigenvalue weighted by atomic mass is 35.5. The summed E-state index contributed by atoms with van der Waals surface area (Å²) in [6.07, 6.45) is 5.16. The van der Waals surface area contributed by atoms with Gasteiger partial charge in [-0.05, 0) is 110 Å². The molecule has 3 aliphatic rings. The third-order valence-corrected chi connectivity index (χ3v) is 12.8. The normalized spacial score (nSPS) is 26.8. The molecule has 10 heteroatoms. The molecule has 1 fully saturated rings. The lowest BCUT2D eigenvalue weighted by Gasteiger charge is -2.43. The first kappa shape index (κ1) is 43.6. The highest BCUT2D eigenvalue weighted by Gasteiger charge is 2.53. The van der Waals surface area contributed by atoms with Crippen LogP contribution in [-0.4, -0.2) is 73.2 Å². The lowest BCUT2D eigenvalue weighted by molar-refractivity contribution is -0.141. The average molecular weight is 814 g/mol. The van der Waals surface area contributed by atoms with Crippen LogP contribution in [-0.2, 0) is 36.8 Å². The van der Waals surface area contributed by atoms with E-state index in [1.54, 1.807) is 12.0 Å². The van der Waals surface area contributed by atoms with Crippen LogP contribution < -0.4 is 9.64 Å². The third-order valence-electron chi connectivity index (χ3n) is 12.6. The molecule has 0 heterocycles. The molecule has 0 aliphatic heterocycles. The van der Waals surface area contributed by atoms with E-state index in [9.17, 15) is 19.8 Å². The quantitative estimate of drug-likeness (QED) is 0.0602. The van der Waals surface area contributed by atoms with Crippen LogP contribution in [0.2, 0.25) is 0 Å². The molecule has 9 nitrogen and oxygen atoms in total. The van der Waals surface area contributed by atoms with Crippen molar-refractivity contribution in [1.82, 2.24) is 0 Å². The summed E-state index contributed by atoms with van der Waals surface area (Å²) in [4.78, 5) is 26.1. The van der Waals surface area contributed by atoms with Gasteiger partial charge in [0.05, 0.1) is 32.0 Å². The van der Waals surface area contributed by atoms with Crippen molar-refractivity contribution in [1.29, 1.82) is 0 Å². The van der Waals surface area contributed by atoms with Crippen molar-refractivity contribution in [2.45, 2.75) is 91.1 Å². The van der Waals surface area contributed by atoms with Gasteiger partial charge in [-0.1, -0.05) is 73.5 Å². The summed E-state index contributed by atoms with van der Waals surface area (Å²) < 4.78 is 23.9. The predicted molar refractivity (Wildman–Crippen MR) is 227 cm³/mol. The number of aliphatic hydroxyl groups is 2. The van der Waals surface area contributed by atoms with Crippen LogP contribution in [0.3, 0.4) is 0 Å². The van der Waals surface area contributed by atoms with E-state index in [-0.39, 0.29) is 48.0 Å². The van der Waals surface area contributed by atoms with Crippen molar-refractivity contribution >= 4 is 29.2 Å². The summed E-state index contributed by atoms with van der Waals surface area (Å²) in [5.74, 6) is 1.01. The topological polar surface area (TPSA) is 115 Å². The van der Waals surface area contributed by atoms with Gasteiger partial charge < -0.3 is 34.1 Å². The number of hydrogen-bond donors (Lipinski definition) is 2. The van der Waals surface area contributed by atoms with Gasteiger partial charge in [0.2, 0.25) is 5.91 Å². The third kappa shape index (κ3) is 10.1. The van der Waals surface area contributed by atoms with Gasteiger partial charge in [-0.2, -0.15) is 0 Å². The van der Waals surface area contributed by atoms with Crippen LogP contribution >= 0.6 is 11.6 Å². The average Bonchev–Trinajstić information content (AvgIpc) is 3.73. The molecule has 0 unspecified atom stereocenters. The largest absolute Gasteiger partial charge is 0.465 e. The van der Waals surface area contributed by atoms with Crippen molar-refractivity contribution in [3.63, 3.8) is 0 Å². The Morgan fingerprint density at radius 2 is 1.64 bits per heavy atom. The van der Waals surface area contributed by atoms with Gasteiger partial charge in [-0.15, -0.1) is 11.6 Å². The van der Waals surface area contributed by atoms with Crippen LogP contribution in [0.25, 0.3) is 0 Å². The summed E-state index contributed by atoms with van der Waals surface area (Å²) in [5, 5.41) is 23.9. The molecule has 1 saturated carbocycles. The number of hydrogen-bond acceptors (Lipinski definition) is 8. The number of alkyl halides is 1. The second-order valence-electron chi connectivity index (χ2n) is 16.6. The number of anilines is 1. The monoisotopic (exact) mass is 813 g/mol. The molecule has 0 aromatic heterocycles. The summed E-state index contributed by atoms with van der Waals surface area (Å²) >= 11 is 5.94. The number of amides is 1. The number of benzene rings is 3. The van der Waals surface area contributed by atoms with Gasteiger partial charge in [0, 0.05) is 43.6 Å². The maximum Gasteiger partial charge on any atom is 0.302 e. The molecule has 0 spiro atoms. The minimum atomic E-state index is -0.768. The fourth-order valence-corrected chi connectivity index (χ4v) is 9.43. The molecule has 0 radical (unpaired) electrons. The fraction of sp³-hybridized carbons (Fsp3) is 0.500. The molecule has 8 atom stereocenters. The summed E-state index contributed by atoms with van der Waals surface area (Å²) in [7, 11) is 1.73. The smallest absolute Gasteiger partial charge is 0.302 e. The molecular weight excluding hydrogens is 754 g/mol. The molecule has 1 amide bonds. The molecule has 2 N–H and O–H groups in total. The zero-order valence-electron chi connectivity index (χ0n) is 34.6. The maximum absolute atomic E-state index is 12.7. The minimum absolute atomic E-state index is 0.0500. The van der Waals surface area contributed by atoms with E-state index in [2.05, 4.69) is 32.1 Å². The number of methoxy groups -OCH3 is 1. The number of esters is 1. The van der Waals surface area contributed by atoms with Crippen molar-refractivity contribution < 1.29 is 38.7 Å². The standard InChI is InChI=1S/C48H60ClNO8/c1-31(29-57-33(3)51)41-25-43(52)48(4)26-42-36(30-55-5)16-23-40(42)32(2)46(54)47(45(41)48)56-24-10-9-11-34-14-19-38(20-15-34)58-39-21-17-37(18-22-39)50(44(53)27-49)28-35-12-7-6-8-13-35/h6-8,12-15,17-22,26,31-32,36,40,43,46-47,52,54H,9-11,16,23-25,27-30H2,1-5H3/b42-26-/t31-,32-,36-,40+,43+,46-,47-,48+/m1/s1. The van der Waals surface area contributed by atoms with Gasteiger partial charge in [0.15, 0.2) is 0 Å². The van der Waals surface area contributed by atoms with Crippen LogP contribution in [0.1, 0.15) is 70.9 Å². The molecular formula is C48H60ClNO8. The first-order valence-electron chi connectivity index (χ1n) is 20.8. The van der Waals surface area contributed by atoms with Crippen molar-refractivity contribution in [2.24, 2.45) is 29.1 Å². The van der Waals surface area contributed by atoms with E-state index >= 15 is 0 Å². The number of aryl methyl sites for hydroxylation is 1. The Hall–Kier alpha value is -3.99. The second-order valence-corrected chi connectivity index (χ2v) is 16.8. The number of aliphatic hydroxyl groups excluding tert-OH is 2. The number of fused-ring (bicyclic) bond motifs is 2. The van der Waals surface area contributed by atoms with Gasteiger partial charge in [-0.3, -0.25) is 9.59 Å². The number of ether oxygens (including phenoxy) is 4. The SMILES string of the molecule is COC[C@H]1CC[C@@H]2/C1=C\[C@]1(C)C(=C([C@H](C)COC(C)=O)C[C@@H]1O)[C@@H](OCCCCc1ccc(Oc3ccc(N(Cc4ccccc4)C(=O)CCl)cc3)cc1)[C@H](O)[C@@H]2C. The second kappa shape index (κ2) is 19.8. The number of unbranched alkanes of at least 4 members (excludes halogenated alkanes) is 1. The molecule has 3 aliphatic carbocycles. The molecule has 0 bridgehead atoms. The van der Waals surface area contributed by atoms with E-state index in [0.717, 1.165) is 54.5 Å². The van der Waals surface area contributed by atoms with Crippen LogP contribution in [0.5, 0.6) is 11.5 Å². The van der Waals surface area contributed by atoms with Crippen molar-refractivity contribution in [3.8, 4) is 11.5 Å². The number of nitrogens with zero attached hydrogens (tertiary/aromatic N) is 1. The maximum atomic E-state index is 12.7. The molecule has 6 rings (SSSR count). The Bertz CT molecular complexity index is 1900. The van der Waals surface area contributed by atoms with Crippen LogP contribution in [0.4, 0.5) is 5.69 Å². The molecule has 58 heavy (non-hydrogen) atoms. The number of carbonyl (C=O) groups is 2. The molecule has 3 aromatic rings. The Labute approximate surface area is 349 Å². The summed E-state index contributed by atoms with van der Waals surface area (Å²) in [6.45, 7) is 9.35. The highest BCUT2D eigenvalue weighted by molar-refractivity contribution is 6.29. The van der Waals surface area contributed by atoms with Crippen LogP contribution in [0, 0.1) is 29.1 Å². The zero-order chi connectivity index (χ0) is 41.4. The zero-order valence-corrected chi connectivity index (χ0v) is 35.3. The number of halogens is 1. The van der Waals surface area contributed by atoms with E-state index in [1.807, 2.05) is 73.7 Å². The lowest BCUT2D eigenvalue weighted by atomic mass is 9.68. The molecule has 312 valence electrons. The van der Waals surface area contributed by atoms with E-state index in [0.29, 0.717) is 37.7 Å². The van der Waals surface area contributed by atoms with Gasteiger partial charge >= 0.3 is 5.97 Å². The number of rotatable bonds is 17. The first-order chi connectivity index (χ1) is 27.9. The molecule has 3 aromatic carbocycles. The van der Waals surface area contributed by atoms with Gasteiger partial charge in [0.25, 0.3) is 0 Å². The Kier molecular flexibility index (Phi) is 14.9. The Morgan fingerprint density at radius 1 is 0.948 bits per heavy atom. The highest BCUT2D eigenvalue weighted by Crippen LogP contribution is 2.55. The summed E-state index contributed by atoms with van der Waals surface area (Å²) in [6, 6.07) is 25.3. The van der Waals surface area contributed by atoms with Crippen molar-refractivity contribution in [3.05, 3.63) is 113 Å². The molecule has 0 saturated heterocycles. The van der Waals surface area contributed by atoms with Crippen LogP contribution in [0.15, 0.2) is 102 Å². The van der Waals surface area contributed by atoms with E-state index < -0.39 is 23.7 Å². The van der Waals surface area contributed by atoms with E-state index in [1.165, 1.54) is 18.1 Å². The fourth-order valence-electron chi connectivity index (χ4n) is 9.29. The predicted octanol–water partition coefficient (Wildman–Crippen LogP) is 8.84. The Morgan fingerprint density at radius 3 is 2.29 bits per heavy atom. The van der Waals surface area contributed by atoms with Gasteiger partial charge in [-0.25, -0.2) is 0 Å². The van der Waals surface area contributed by atoms with Crippen molar-refractivity contribution in [2.75, 3.05) is 37.7 Å². The summed E-state index contributed by atoms with van der Waals surface area (Å²) in [5.41, 5.74) is 5.43. The Balaban J connectivity index is 1.08. The lowest BCUT2D eigenvalue weighted by Crippen LogP contribution is -2.46. The minimum Gasteiger partial charge on any atom is -0.465 e.